The van der Waals surface area contributed by atoms with E-state index in [2.05, 4.69) is 56.6 Å². The topological polar surface area (TPSA) is 76.3 Å². The van der Waals surface area contributed by atoms with Gasteiger partial charge in [0.25, 0.3) is 5.91 Å². The van der Waals surface area contributed by atoms with Gasteiger partial charge in [0.2, 0.25) is 0 Å². The van der Waals surface area contributed by atoms with Crippen LogP contribution in [0.2, 0.25) is 0 Å². The van der Waals surface area contributed by atoms with Crippen molar-refractivity contribution in [1.29, 1.82) is 0 Å². The maximum atomic E-state index is 13.1. The molecular formula is C29H42N6O2S. The Hall–Kier alpha value is -2.68. The molecule has 0 unspecified atom stereocenters. The van der Waals surface area contributed by atoms with Crippen LogP contribution in [0.25, 0.3) is 11.2 Å². The molecular weight excluding hydrogens is 496 g/mol. The van der Waals surface area contributed by atoms with Gasteiger partial charge in [0, 0.05) is 51.6 Å². The van der Waals surface area contributed by atoms with Crippen molar-refractivity contribution in [2.24, 2.45) is 23.8 Å². The lowest BCUT2D eigenvalue weighted by atomic mass is 9.72. The second-order valence-electron chi connectivity index (χ2n) is 13.0. The highest BCUT2D eigenvalue weighted by molar-refractivity contribution is 7.09. The minimum absolute atomic E-state index is 0.00212. The molecule has 0 aliphatic carbocycles. The fourth-order valence-corrected chi connectivity index (χ4v) is 7.06. The number of carbonyl (C=O) groups is 1. The second kappa shape index (κ2) is 10.1. The lowest BCUT2D eigenvalue weighted by Crippen LogP contribution is -2.51. The number of carbonyl (C=O) groups excluding carboxylic acids is 1. The number of piperidine rings is 2. The number of nitrogens with zero attached hydrogens (tertiary/aromatic N) is 6. The lowest BCUT2D eigenvalue weighted by molar-refractivity contribution is 0.0535. The van der Waals surface area contributed by atoms with Crippen LogP contribution in [0.15, 0.2) is 22.3 Å². The monoisotopic (exact) mass is 538 g/mol. The highest BCUT2D eigenvalue weighted by Gasteiger charge is 2.40. The lowest BCUT2D eigenvalue weighted by Gasteiger charge is -2.48. The van der Waals surface area contributed by atoms with Crippen LogP contribution in [0, 0.1) is 16.7 Å². The zero-order valence-corrected chi connectivity index (χ0v) is 24.6. The normalized spacial score (nSPS) is 18.2. The predicted octanol–water partition coefficient (Wildman–Crippen LogP) is 4.96. The number of hydrogen-bond acceptors (Lipinski definition) is 6. The van der Waals surface area contributed by atoms with E-state index in [0.29, 0.717) is 18.2 Å². The number of hydrogen-bond donors (Lipinski definition) is 0. The van der Waals surface area contributed by atoms with Gasteiger partial charge in [-0.3, -0.25) is 13.9 Å². The van der Waals surface area contributed by atoms with Gasteiger partial charge in [0.1, 0.15) is 11.5 Å². The molecule has 38 heavy (non-hydrogen) atoms. The second-order valence-corrected chi connectivity index (χ2v) is 14.0. The van der Waals surface area contributed by atoms with Crippen molar-refractivity contribution in [2.75, 3.05) is 31.1 Å². The van der Waals surface area contributed by atoms with Crippen LogP contribution in [0.4, 0.5) is 5.82 Å². The first-order chi connectivity index (χ1) is 17.9. The summed E-state index contributed by atoms with van der Waals surface area (Å²) in [6, 6.07) is 4.14. The van der Waals surface area contributed by atoms with Gasteiger partial charge in [0.15, 0.2) is 5.65 Å². The van der Waals surface area contributed by atoms with E-state index in [9.17, 15) is 9.59 Å². The Labute approximate surface area is 229 Å². The summed E-state index contributed by atoms with van der Waals surface area (Å²) in [5, 5.41) is 2.98. The standard InChI is InChI=1S/C29H42N6O2S/c1-20(2)16-24-30-21(17-38-24)26(36)33-14-11-29(12-15-33)10-7-13-34(19-29)23-9-8-22-25(31-23)32(6)27(37)35(22)18-28(3,4)5/h8-9,17,20H,7,10-16,18-19H2,1-6H3. The van der Waals surface area contributed by atoms with Crippen molar-refractivity contribution in [1.82, 2.24) is 24.0 Å². The number of likely N-dealkylation sites (tertiary alicyclic amines) is 1. The molecule has 1 spiro atoms. The van der Waals surface area contributed by atoms with E-state index in [1.54, 1.807) is 15.9 Å². The van der Waals surface area contributed by atoms with Gasteiger partial charge in [-0.05, 0) is 54.6 Å². The first kappa shape index (κ1) is 26.9. The third kappa shape index (κ3) is 5.40. The number of amides is 1. The molecule has 206 valence electrons. The summed E-state index contributed by atoms with van der Waals surface area (Å²) in [4.78, 5) is 40.1. The zero-order valence-electron chi connectivity index (χ0n) is 23.8. The van der Waals surface area contributed by atoms with E-state index in [0.717, 1.165) is 73.9 Å². The maximum Gasteiger partial charge on any atom is 0.330 e. The van der Waals surface area contributed by atoms with Crippen LogP contribution in [0.1, 0.15) is 75.8 Å². The van der Waals surface area contributed by atoms with Crippen LogP contribution in [-0.4, -0.2) is 56.1 Å². The van der Waals surface area contributed by atoms with Crippen LogP contribution in [0.3, 0.4) is 0 Å². The molecule has 1 amide bonds. The average Bonchev–Trinajstić information content (AvgIpc) is 3.41. The van der Waals surface area contributed by atoms with Crippen LogP contribution < -0.4 is 10.6 Å². The van der Waals surface area contributed by atoms with E-state index in [4.69, 9.17) is 4.98 Å². The number of thiazole rings is 1. The summed E-state index contributed by atoms with van der Waals surface area (Å²) >= 11 is 1.60. The predicted molar refractivity (Wildman–Crippen MR) is 154 cm³/mol. The van der Waals surface area contributed by atoms with E-state index in [-0.39, 0.29) is 22.4 Å². The SMILES string of the molecule is CC(C)Cc1nc(C(=O)N2CCC3(CCCN(c4ccc5c(n4)n(C)c(=O)n5CC(C)(C)C)C3)CC2)cs1. The Kier molecular flexibility index (Phi) is 7.18. The number of fused-ring (bicyclic) bond motifs is 1. The van der Waals surface area contributed by atoms with Gasteiger partial charge >= 0.3 is 5.69 Å². The smallest absolute Gasteiger partial charge is 0.330 e. The number of anilines is 1. The first-order valence-electron chi connectivity index (χ1n) is 14.0. The summed E-state index contributed by atoms with van der Waals surface area (Å²) in [5.41, 5.74) is 2.43. The molecule has 5 rings (SSSR count). The number of aryl methyl sites for hydroxylation is 1. The molecule has 9 heteroatoms. The minimum atomic E-state index is -0.0110. The van der Waals surface area contributed by atoms with E-state index in [1.807, 2.05) is 21.9 Å². The number of aromatic nitrogens is 4. The Balaban J connectivity index is 1.28. The van der Waals surface area contributed by atoms with E-state index >= 15 is 0 Å². The summed E-state index contributed by atoms with van der Waals surface area (Å²) < 4.78 is 3.53. The van der Waals surface area contributed by atoms with Crippen molar-refractivity contribution >= 4 is 34.2 Å². The summed E-state index contributed by atoms with van der Waals surface area (Å²) in [5.74, 6) is 1.56. The van der Waals surface area contributed by atoms with E-state index in [1.165, 1.54) is 6.42 Å². The molecule has 0 aromatic carbocycles. The third-order valence-electron chi connectivity index (χ3n) is 8.05. The van der Waals surface area contributed by atoms with Crippen LogP contribution in [0.5, 0.6) is 0 Å². The van der Waals surface area contributed by atoms with E-state index < -0.39 is 0 Å². The van der Waals surface area contributed by atoms with Crippen LogP contribution in [-0.2, 0) is 20.0 Å². The van der Waals surface area contributed by atoms with Crippen LogP contribution >= 0.6 is 11.3 Å². The van der Waals surface area contributed by atoms with Gasteiger partial charge in [-0.15, -0.1) is 11.3 Å². The molecule has 3 aromatic heterocycles. The summed E-state index contributed by atoms with van der Waals surface area (Å²) in [6.45, 7) is 14.9. The number of rotatable bonds is 5. The largest absolute Gasteiger partial charge is 0.356 e. The molecule has 2 aliphatic heterocycles. The fraction of sp³-hybridized carbons (Fsp3) is 0.655. The molecule has 3 aromatic rings. The molecule has 0 N–H and O–H groups in total. The van der Waals surface area contributed by atoms with Crippen molar-refractivity contribution < 1.29 is 4.79 Å². The number of pyridine rings is 1. The van der Waals surface area contributed by atoms with Crippen molar-refractivity contribution in [3.05, 3.63) is 38.7 Å². The molecule has 0 bridgehead atoms. The molecule has 2 saturated heterocycles. The minimum Gasteiger partial charge on any atom is -0.356 e. The summed E-state index contributed by atoms with van der Waals surface area (Å²) in [6.07, 6.45) is 5.22. The highest BCUT2D eigenvalue weighted by atomic mass is 32.1. The maximum absolute atomic E-state index is 13.1. The van der Waals surface area contributed by atoms with Gasteiger partial charge in [-0.2, -0.15) is 0 Å². The van der Waals surface area contributed by atoms with Gasteiger partial charge in [0.05, 0.1) is 10.5 Å². The van der Waals surface area contributed by atoms with Crippen molar-refractivity contribution in [3.8, 4) is 0 Å². The molecule has 0 atom stereocenters. The van der Waals surface area contributed by atoms with Gasteiger partial charge in [-0.1, -0.05) is 34.6 Å². The molecule has 2 aliphatic rings. The average molecular weight is 539 g/mol. The highest BCUT2D eigenvalue weighted by Crippen LogP contribution is 2.41. The van der Waals surface area contributed by atoms with Crippen molar-refractivity contribution in [3.63, 3.8) is 0 Å². The molecule has 8 nitrogen and oxygen atoms in total. The molecule has 0 radical (unpaired) electrons. The molecule has 0 saturated carbocycles. The first-order valence-corrected chi connectivity index (χ1v) is 14.9. The molecule has 5 heterocycles. The van der Waals surface area contributed by atoms with Gasteiger partial charge in [-0.25, -0.2) is 14.8 Å². The Bertz CT molecular complexity index is 1370. The Morgan fingerprint density at radius 3 is 2.53 bits per heavy atom. The zero-order chi connectivity index (χ0) is 27.2. The fourth-order valence-electron chi connectivity index (χ4n) is 6.08. The molecule has 2 fully saturated rings. The van der Waals surface area contributed by atoms with Gasteiger partial charge < -0.3 is 9.80 Å². The number of imidazole rings is 1. The summed E-state index contributed by atoms with van der Waals surface area (Å²) in [7, 11) is 1.82. The third-order valence-corrected chi connectivity index (χ3v) is 8.92. The van der Waals surface area contributed by atoms with Crippen molar-refractivity contribution in [2.45, 2.75) is 73.3 Å². The Morgan fingerprint density at radius 2 is 1.84 bits per heavy atom. The Morgan fingerprint density at radius 1 is 1.11 bits per heavy atom. The quantitative estimate of drug-likeness (QED) is 0.459.